The Balaban J connectivity index is 3.99. The van der Waals surface area contributed by atoms with E-state index in [1.807, 2.05) is 13.8 Å². The third-order valence-corrected chi connectivity index (χ3v) is 6.52. The van der Waals surface area contributed by atoms with Crippen LogP contribution in [0.1, 0.15) is 98.3 Å². The van der Waals surface area contributed by atoms with E-state index in [2.05, 4.69) is 13.8 Å². The highest BCUT2D eigenvalue weighted by atomic mass is 32.2. The lowest BCUT2D eigenvalue weighted by Crippen LogP contribution is -2.26. The Bertz CT molecular complexity index is 370. The number of thioether (sulfide) groups is 2. The van der Waals surface area contributed by atoms with E-state index >= 15 is 0 Å². The third kappa shape index (κ3) is 20.7. The van der Waals surface area contributed by atoms with Crippen LogP contribution in [0.4, 0.5) is 0 Å². The van der Waals surface area contributed by atoms with Crippen molar-refractivity contribution in [3.63, 3.8) is 0 Å². The number of carbonyl (C=O) groups is 2. The summed E-state index contributed by atoms with van der Waals surface area (Å²) < 4.78 is 10.9. The lowest BCUT2D eigenvalue weighted by molar-refractivity contribution is -0.189. The van der Waals surface area contributed by atoms with Gasteiger partial charge in [-0.25, -0.2) is 0 Å². The molecular formula is C23H44O4S2. The van der Waals surface area contributed by atoms with Crippen molar-refractivity contribution in [2.75, 3.05) is 23.0 Å². The van der Waals surface area contributed by atoms with Gasteiger partial charge in [-0.2, -0.15) is 23.5 Å². The second-order valence-electron chi connectivity index (χ2n) is 7.88. The van der Waals surface area contributed by atoms with E-state index in [9.17, 15) is 9.59 Å². The Kier molecular flexibility index (Phi) is 20.6. The number of rotatable bonds is 20. The van der Waals surface area contributed by atoms with Crippen LogP contribution in [-0.4, -0.2) is 41.2 Å². The van der Waals surface area contributed by atoms with Crippen LogP contribution in [0, 0.1) is 5.92 Å². The molecule has 6 heteroatoms. The normalized spacial score (nSPS) is 11.2. The van der Waals surface area contributed by atoms with E-state index in [-0.39, 0.29) is 11.9 Å². The lowest BCUT2D eigenvalue weighted by atomic mass is 10.1. The summed E-state index contributed by atoms with van der Waals surface area (Å²) in [6.07, 6.45) is 10.5. The van der Waals surface area contributed by atoms with Gasteiger partial charge in [-0.05, 0) is 30.3 Å². The van der Waals surface area contributed by atoms with Crippen molar-refractivity contribution >= 4 is 35.5 Å². The van der Waals surface area contributed by atoms with E-state index in [4.69, 9.17) is 9.47 Å². The molecule has 0 aliphatic carbocycles. The fourth-order valence-corrected chi connectivity index (χ4v) is 4.54. The van der Waals surface area contributed by atoms with Gasteiger partial charge in [0.2, 0.25) is 6.29 Å². The number of esters is 2. The Morgan fingerprint density at radius 1 is 0.690 bits per heavy atom. The van der Waals surface area contributed by atoms with Gasteiger partial charge in [-0.15, -0.1) is 0 Å². The molecule has 0 N–H and O–H groups in total. The van der Waals surface area contributed by atoms with Gasteiger partial charge in [0.15, 0.2) is 0 Å². The minimum atomic E-state index is -0.751. The van der Waals surface area contributed by atoms with Crippen LogP contribution in [0.5, 0.6) is 0 Å². The lowest BCUT2D eigenvalue weighted by Gasteiger charge is -2.20. The maximum Gasteiger partial charge on any atom is 0.309 e. The molecule has 0 aliphatic rings. The van der Waals surface area contributed by atoms with Gasteiger partial charge >= 0.3 is 11.9 Å². The summed E-state index contributed by atoms with van der Waals surface area (Å²) >= 11 is 3.59. The van der Waals surface area contributed by atoms with Gasteiger partial charge in [0.05, 0.1) is 12.8 Å². The van der Waals surface area contributed by atoms with E-state index in [1.165, 1.54) is 51.4 Å². The summed E-state index contributed by atoms with van der Waals surface area (Å²) in [5.74, 6) is 3.47. The van der Waals surface area contributed by atoms with Crippen LogP contribution in [-0.2, 0) is 19.1 Å². The Morgan fingerprint density at radius 2 is 1.14 bits per heavy atom. The molecule has 0 radical (unpaired) electrons. The van der Waals surface area contributed by atoms with Gasteiger partial charge in [-0.3, -0.25) is 9.59 Å². The number of ether oxygens (including phenoxy) is 2. The molecule has 0 rings (SSSR count). The highest BCUT2D eigenvalue weighted by molar-refractivity contribution is 7.99. The van der Waals surface area contributed by atoms with Crippen LogP contribution in [0.15, 0.2) is 0 Å². The third-order valence-electron chi connectivity index (χ3n) is 4.38. The molecule has 0 bridgehead atoms. The molecule has 0 aliphatic heterocycles. The average Bonchev–Trinajstić information content (AvgIpc) is 2.66. The predicted octanol–water partition coefficient (Wildman–Crippen LogP) is 6.85. The van der Waals surface area contributed by atoms with Crippen LogP contribution in [0.2, 0.25) is 0 Å². The second kappa shape index (κ2) is 20.9. The first kappa shape index (κ1) is 28.6. The zero-order valence-electron chi connectivity index (χ0n) is 19.2. The van der Waals surface area contributed by atoms with E-state index < -0.39 is 6.29 Å². The van der Waals surface area contributed by atoms with Gasteiger partial charge in [0.25, 0.3) is 0 Å². The van der Waals surface area contributed by atoms with Crippen molar-refractivity contribution in [1.82, 2.24) is 0 Å². The van der Waals surface area contributed by atoms with Gasteiger partial charge in [-0.1, -0.05) is 66.2 Å². The highest BCUT2D eigenvalue weighted by Crippen LogP contribution is 2.15. The fourth-order valence-electron chi connectivity index (χ4n) is 2.69. The highest BCUT2D eigenvalue weighted by Gasteiger charge is 2.20. The van der Waals surface area contributed by atoms with Crippen LogP contribution in [0.3, 0.4) is 0 Å². The number of hydrogen-bond donors (Lipinski definition) is 0. The van der Waals surface area contributed by atoms with Gasteiger partial charge in [0.1, 0.15) is 0 Å². The molecule has 0 unspecified atom stereocenters. The van der Waals surface area contributed by atoms with Crippen LogP contribution >= 0.6 is 23.5 Å². The van der Waals surface area contributed by atoms with Crippen molar-refractivity contribution in [3.05, 3.63) is 0 Å². The van der Waals surface area contributed by atoms with E-state index in [1.54, 1.807) is 23.5 Å². The monoisotopic (exact) mass is 448 g/mol. The summed E-state index contributed by atoms with van der Waals surface area (Å²) in [5.41, 5.74) is 0. The Hall–Kier alpha value is -0.360. The Labute approximate surface area is 188 Å². The van der Waals surface area contributed by atoms with Crippen molar-refractivity contribution < 1.29 is 19.1 Å². The van der Waals surface area contributed by atoms with Crippen LogP contribution < -0.4 is 0 Å². The molecule has 0 fully saturated rings. The molecule has 0 saturated carbocycles. The molecule has 0 aromatic carbocycles. The van der Waals surface area contributed by atoms with Crippen molar-refractivity contribution in [3.8, 4) is 0 Å². The maximum absolute atomic E-state index is 12.1. The van der Waals surface area contributed by atoms with E-state index in [0.29, 0.717) is 25.2 Å². The first-order valence-electron chi connectivity index (χ1n) is 11.5. The molecule has 0 saturated heterocycles. The zero-order valence-corrected chi connectivity index (χ0v) is 20.8. The van der Waals surface area contributed by atoms with Crippen LogP contribution in [0.25, 0.3) is 0 Å². The van der Waals surface area contributed by atoms with Crippen molar-refractivity contribution in [2.45, 2.75) is 105 Å². The Morgan fingerprint density at radius 3 is 1.52 bits per heavy atom. The second-order valence-corrected chi connectivity index (χ2v) is 10.3. The SMILES string of the molecule is CCCCCCSCCC(=O)OC(CC(C)C)OC(=O)CCSCCCCCC. The number of hydrogen-bond acceptors (Lipinski definition) is 6. The van der Waals surface area contributed by atoms with Gasteiger partial charge in [0, 0.05) is 17.9 Å². The summed E-state index contributed by atoms with van der Waals surface area (Å²) in [6.45, 7) is 8.48. The average molecular weight is 449 g/mol. The van der Waals surface area contributed by atoms with Gasteiger partial charge < -0.3 is 9.47 Å². The first-order chi connectivity index (χ1) is 14.0. The minimum Gasteiger partial charge on any atom is -0.425 e. The summed E-state index contributed by atoms with van der Waals surface area (Å²) in [4.78, 5) is 24.2. The first-order valence-corrected chi connectivity index (χ1v) is 13.8. The fraction of sp³-hybridized carbons (Fsp3) is 0.913. The molecule has 0 aromatic rings. The van der Waals surface area contributed by atoms with E-state index in [0.717, 1.165) is 23.0 Å². The van der Waals surface area contributed by atoms with Crippen molar-refractivity contribution in [1.29, 1.82) is 0 Å². The molecule has 0 atom stereocenters. The molecule has 4 nitrogen and oxygen atoms in total. The molecular weight excluding hydrogens is 404 g/mol. The van der Waals surface area contributed by atoms with Crippen molar-refractivity contribution in [2.24, 2.45) is 5.92 Å². The molecule has 172 valence electrons. The smallest absolute Gasteiger partial charge is 0.309 e. The zero-order chi connectivity index (χ0) is 21.7. The maximum atomic E-state index is 12.1. The summed E-state index contributed by atoms with van der Waals surface area (Å²) in [5, 5.41) is 0. The quantitative estimate of drug-likeness (QED) is 0.115. The number of unbranched alkanes of at least 4 members (excludes halogenated alkanes) is 6. The molecule has 0 amide bonds. The standard InChI is InChI=1S/C23H44O4S2/c1-5-7-9-11-15-28-17-13-21(24)26-23(19-20(3)4)27-22(25)14-18-29-16-12-10-8-6-2/h20,23H,5-19H2,1-4H3. The molecule has 0 aromatic heterocycles. The predicted molar refractivity (Wildman–Crippen MR) is 128 cm³/mol. The molecule has 29 heavy (non-hydrogen) atoms. The topological polar surface area (TPSA) is 52.6 Å². The molecule has 0 spiro atoms. The summed E-state index contributed by atoms with van der Waals surface area (Å²) in [6, 6.07) is 0. The number of carbonyl (C=O) groups excluding carboxylic acids is 2. The largest absolute Gasteiger partial charge is 0.425 e. The summed E-state index contributed by atoms with van der Waals surface area (Å²) in [7, 11) is 0. The minimum absolute atomic E-state index is 0.269. The molecule has 0 heterocycles.